The average Bonchev–Trinajstić information content (AvgIpc) is 3.25. The highest BCUT2D eigenvalue weighted by atomic mass is 32.2. The molecule has 0 aliphatic rings. The Morgan fingerprint density at radius 1 is 0.946 bits per heavy atom. The topological polar surface area (TPSA) is 111 Å². The number of hydrogen-bond donors (Lipinski definition) is 2. The molecule has 2 atom stereocenters. The van der Waals surface area contributed by atoms with Crippen molar-refractivity contribution < 1.29 is 27.9 Å². The van der Waals surface area contributed by atoms with Crippen molar-refractivity contribution in [1.82, 2.24) is 0 Å². The fourth-order valence-electron chi connectivity index (χ4n) is 4.56. The van der Waals surface area contributed by atoms with Crippen LogP contribution >= 0.6 is 0 Å². The van der Waals surface area contributed by atoms with Crippen LogP contribution in [0.2, 0.25) is 0 Å². The minimum atomic E-state index is -2.57. The van der Waals surface area contributed by atoms with Crippen LogP contribution in [-0.4, -0.2) is 38.3 Å². The normalized spacial score (nSPS) is 12.9. The minimum Gasteiger partial charge on any atom is -0.480 e. The quantitative estimate of drug-likeness (QED) is 0.187. The molecule has 4 rings (SSSR count). The lowest BCUT2D eigenvalue weighted by Gasteiger charge is -2.27. The Morgan fingerprint density at radius 2 is 1.70 bits per heavy atom. The molecule has 37 heavy (non-hydrogen) atoms. The van der Waals surface area contributed by atoms with Gasteiger partial charge in [-0.2, -0.15) is 0 Å². The smallest absolute Gasteiger partial charge is 0.327 e. The van der Waals surface area contributed by atoms with Crippen LogP contribution in [0.15, 0.2) is 71.1 Å². The van der Waals surface area contributed by atoms with Crippen LogP contribution in [-0.2, 0) is 20.9 Å². The number of carboxylic acids is 1. The molecule has 0 spiro atoms. The maximum absolute atomic E-state index is 12.6. The van der Waals surface area contributed by atoms with Crippen molar-refractivity contribution >= 4 is 56.5 Å². The first kappa shape index (κ1) is 26.4. The van der Waals surface area contributed by atoms with Gasteiger partial charge in [0.15, 0.2) is 0 Å². The molecule has 0 radical (unpaired) electrons. The van der Waals surface area contributed by atoms with E-state index in [1.807, 2.05) is 55.5 Å². The molecule has 8 nitrogen and oxygen atoms in total. The summed E-state index contributed by atoms with van der Waals surface area (Å²) < 4.78 is 29.3. The Kier molecular flexibility index (Phi) is 8.25. The Hall–Kier alpha value is -3.69. The van der Waals surface area contributed by atoms with Crippen molar-refractivity contribution in [3.8, 4) is 0 Å². The second-order valence-electron chi connectivity index (χ2n) is 8.92. The third-order valence-corrected chi connectivity index (χ3v) is 7.18. The molecule has 0 aliphatic heterocycles. The number of aryl methyl sites for hydroxylation is 1. The van der Waals surface area contributed by atoms with Crippen LogP contribution in [0.3, 0.4) is 0 Å². The first-order valence-corrected chi connectivity index (χ1v) is 13.3. The number of para-hydroxylation sites is 1. The van der Waals surface area contributed by atoms with Gasteiger partial charge in [0, 0.05) is 29.4 Å². The Balaban J connectivity index is 1.52. The predicted molar refractivity (Wildman–Crippen MR) is 146 cm³/mol. The molecule has 1 heterocycles. The van der Waals surface area contributed by atoms with Crippen molar-refractivity contribution in [3.05, 3.63) is 72.3 Å². The third kappa shape index (κ3) is 5.84. The van der Waals surface area contributed by atoms with Crippen LogP contribution < -0.4 is 9.21 Å². The summed E-state index contributed by atoms with van der Waals surface area (Å²) in [7, 11) is 0. The van der Waals surface area contributed by atoms with E-state index in [4.69, 9.17) is 4.42 Å². The summed E-state index contributed by atoms with van der Waals surface area (Å²) in [5, 5.41) is 11.5. The molecule has 4 aromatic rings. The van der Waals surface area contributed by atoms with E-state index < -0.39 is 23.3 Å². The number of rotatable bonds is 11. The summed E-state index contributed by atoms with van der Waals surface area (Å²) in [4.78, 5) is 26.5. The van der Waals surface area contributed by atoms with Crippen LogP contribution in [0.1, 0.15) is 38.2 Å². The van der Waals surface area contributed by atoms with Crippen LogP contribution in [0.4, 0.5) is 11.4 Å². The van der Waals surface area contributed by atoms with Gasteiger partial charge in [0.05, 0.1) is 5.69 Å². The largest absolute Gasteiger partial charge is 0.480 e. The van der Waals surface area contributed by atoms with E-state index in [0.29, 0.717) is 42.7 Å². The number of furan rings is 1. The second kappa shape index (κ2) is 11.6. The molecular weight excluding hydrogens is 492 g/mol. The maximum Gasteiger partial charge on any atom is 0.327 e. The molecule has 1 amide bonds. The van der Waals surface area contributed by atoms with Gasteiger partial charge in [0.2, 0.25) is 5.91 Å². The summed E-state index contributed by atoms with van der Waals surface area (Å²) in [6.07, 6.45) is 1.48. The summed E-state index contributed by atoms with van der Waals surface area (Å²) >= 11 is -2.57. The Morgan fingerprint density at radius 3 is 2.41 bits per heavy atom. The van der Waals surface area contributed by atoms with E-state index in [1.54, 1.807) is 30.0 Å². The van der Waals surface area contributed by atoms with Crippen LogP contribution in [0, 0.1) is 6.92 Å². The SMILES string of the molecule is CCC(=O)N(CCCCC(C(=O)O)N(c1ccc2oc3ccccc3c2c1)S(=O)O)c1cccc(C)c1. The van der Waals surface area contributed by atoms with Crippen molar-refractivity contribution in [3.63, 3.8) is 0 Å². The number of fused-ring (bicyclic) bond motifs is 3. The van der Waals surface area contributed by atoms with E-state index in [0.717, 1.165) is 26.3 Å². The minimum absolute atomic E-state index is 0.0147. The zero-order chi connectivity index (χ0) is 26.5. The highest BCUT2D eigenvalue weighted by Gasteiger charge is 2.30. The molecule has 2 unspecified atom stereocenters. The zero-order valence-corrected chi connectivity index (χ0v) is 21.6. The van der Waals surface area contributed by atoms with Gasteiger partial charge in [-0.25, -0.2) is 9.00 Å². The van der Waals surface area contributed by atoms with Gasteiger partial charge in [-0.15, -0.1) is 0 Å². The van der Waals surface area contributed by atoms with E-state index in [1.165, 1.54) is 0 Å². The van der Waals surface area contributed by atoms with Gasteiger partial charge in [-0.3, -0.25) is 13.7 Å². The first-order chi connectivity index (χ1) is 17.8. The molecule has 2 N–H and O–H groups in total. The van der Waals surface area contributed by atoms with Gasteiger partial charge >= 0.3 is 5.97 Å². The number of carbonyl (C=O) groups excluding carboxylic acids is 1. The Bertz CT molecular complexity index is 1450. The molecule has 3 aromatic carbocycles. The number of unbranched alkanes of at least 4 members (excludes halogenated alkanes) is 1. The highest BCUT2D eigenvalue weighted by molar-refractivity contribution is 7.80. The summed E-state index contributed by atoms with van der Waals surface area (Å²) in [6.45, 7) is 4.20. The number of carboxylic acid groups (broad SMARTS) is 1. The fraction of sp³-hybridized carbons (Fsp3) is 0.286. The molecule has 9 heteroatoms. The van der Waals surface area contributed by atoms with Crippen molar-refractivity contribution in [1.29, 1.82) is 0 Å². The van der Waals surface area contributed by atoms with Crippen molar-refractivity contribution in [2.75, 3.05) is 15.7 Å². The van der Waals surface area contributed by atoms with Gasteiger partial charge in [0.1, 0.15) is 17.2 Å². The average molecular weight is 523 g/mol. The number of amides is 1. The summed E-state index contributed by atoms with van der Waals surface area (Å²) in [6, 6.07) is 18.9. The molecule has 194 valence electrons. The second-order valence-corrected chi connectivity index (χ2v) is 9.78. The van der Waals surface area contributed by atoms with Gasteiger partial charge in [0.25, 0.3) is 11.3 Å². The predicted octanol–water partition coefficient (Wildman–Crippen LogP) is 5.90. The van der Waals surface area contributed by atoms with Crippen LogP contribution in [0.25, 0.3) is 21.9 Å². The van der Waals surface area contributed by atoms with Gasteiger partial charge in [-0.1, -0.05) is 37.3 Å². The van der Waals surface area contributed by atoms with Crippen LogP contribution in [0.5, 0.6) is 0 Å². The fourth-order valence-corrected chi connectivity index (χ4v) is 5.27. The number of hydrogen-bond acceptors (Lipinski definition) is 4. The standard InChI is InChI=1S/C28H30N2O6S/c1-3-27(31)29(20-10-8-9-19(2)17-20)16-7-6-12-24(28(32)33)30(37(34)35)21-14-15-26-23(18-21)22-11-4-5-13-25(22)36-26/h4-5,8-11,13-15,17-18,24H,3,6-7,12,16H2,1-2H3,(H,32,33)(H,34,35). The van der Waals surface area contributed by atoms with Crippen molar-refractivity contribution in [2.24, 2.45) is 0 Å². The molecule has 1 aromatic heterocycles. The lowest BCUT2D eigenvalue weighted by Crippen LogP contribution is -2.42. The third-order valence-electron chi connectivity index (χ3n) is 6.38. The lowest BCUT2D eigenvalue weighted by atomic mass is 10.1. The number of carbonyl (C=O) groups is 2. The molecular formula is C28H30N2O6S. The first-order valence-electron chi connectivity index (χ1n) is 12.2. The number of aliphatic carboxylic acids is 1. The van der Waals surface area contributed by atoms with Crippen molar-refractivity contribution in [2.45, 2.75) is 45.6 Å². The van der Waals surface area contributed by atoms with E-state index >= 15 is 0 Å². The maximum atomic E-state index is 12.6. The molecule has 0 fully saturated rings. The highest BCUT2D eigenvalue weighted by Crippen LogP contribution is 2.33. The number of nitrogens with zero attached hydrogens (tertiary/aromatic N) is 2. The van der Waals surface area contributed by atoms with E-state index in [2.05, 4.69) is 0 Å². The molecule has 0 bridgehead atoms. The van der Waals surface area contributed by atoms with Gasteiger partial charge in [-0.05, 0) is 68.1 Å². The Labute approximate surface area is 217 Å². The zero-order valence-electron chi connectivity index (χ0n) is 20.8. The van der Waals surface area contributed by atoms with E-state index in [-0.39, 0.29) is 12.3 Å². The molecule has 0 saturated heterocycles. The summed E-state index contributed by atoms with van der Waals surface area (Å²) in [5.74, 6) is -1.21. The molecule has 0 aliphatic carbocycles. The number of benzene rings is 3. The lowest BCUT2D eigenvalue weighted by molar-refractivity contribution is -0.138. The molecule has 0 saturated carbocycles. The summed E-state index contributed by atoms with van der Waals surface area (Å²) in [5.41, 5.74) is 3.45. The number of anilines is 2. The van der Waals surface area contributed by atoms with Gasteiger partial charge < -0.3 is 14.4 Å². The van der Waals surface area contributed by atoms with E-state index in [9.17, 15) is 23.5 Å². The monoisotopic (exact) mass is 522 g/mol.